The van der Waals surface area contributed by atoms with Gasteiger partial charge in [-0.2, -0.15) is 5.10 Å². The van der Waals surface area contributed by atoms with Gasteiger partial charge in [0.05, 0.1) is 0 Å². The van der Waals surface area contributed by atoms with Crippen LogP contribution in [0.2, 0.25) is 0 Å². The largest absolute Gasteiger partial charge is 0.312 e. The van der Waals surface area contributed by atoms with Gasteiger partial charge in [0.1, 0.15) is 12.2 Å². The highest BCUT2D eigenvalue weighted by Gasteiger charge is 2.34. The molecular weight excluding hydrogens is 262 g/mol. The Morgan fingerprint density at radius 1 is 1.24 bits per heavy atom. The third-order valence-electron chi connectivity index (χ3n) is 4.45. The second-order valence-corrected chi connectivity index (χ2v) is 6.03. The normalized spacial score (nSPS) is 13.9. The van der Waals surface area contributed by atoms with Crippen LogP contribution in [-0.2, 0) is 13.0 Å². The van der Waals surface area contributed by atoms with Gasteiger partial charge in [0, 0.05) is 24.5 Å². The zero-order chi connectivity index (χ0) is 15.9. The van der Waals surface area contributed by atoms with E-state index >= 15 is 0 Å². The highest BCUT2D eigenvalue weighted by molar-refractivity contribution is 5.00. The number of likely N-dealkylation sites (N-methyl/N-ethyl adjacent to an activating group) is 1. The standard InChI is InChI=1S/C16H33N5/c1-7-11-17-14(16(5,6)20(8-2)9-3)12-15-18-13-19-21(15)10-4/h13-14,17H,7-12H2,1-6H3. The molecule has 1 N–H and O–H groups in total. The molecular formula is C16H33N5. The maximum Gasteiger partial charge on any atom is 0.138 e. The van der Waals surface area contributed by atoms with E-state index in [0.717, 1.165) is 44.8 Å². The summed E-state index contributed by atoms with van der Waals surface area (Å²) in [4.78, 5) is 6.97. The molecule has 0 aliphatic rings. The SMILES string of the molecule is CCCNC(Cc1ncnn1CC)C(C)(C)N(CC)CC. The van der Waals surface area contributed by atoms with Gasteiger partial charge in [-0.05, 0) is 46.8 Å². The van der Waals surface area contributed by atoms with Gasteiger partial charge in [-0.3, -0.25) is 9.58 Å². The minimum Gasteiger partial charge on any atom is -0.312 e. The van der Waals surface area contributed by atoms with Crippen LogP contribution >= 0.6 is 0 Å². The van der Waals surface area contributed by atoms with Crippen LogP contribution in [0.4, 0.5) is 0 Å². The lowest BCUT2D eigenvalue weighted by molar-refractivity contribution is 0.0898. The van der Waals surface area contributed by atoms with Crippen LogP contribution in [-0.4, -0.2) is 50.9 Å². The number of aryl methyl sites for hydroxylation is 1. The van der Waals surface area contributed by atoms with Crippen LogP contribution < -0.4 is 5.32 Å². The summed E-state index contributed by atoms with van der Waals surface area (Å²) in [5.41, 5.74) is 0.0865. The third-order valence-corrected chi connectivity index (χ3v) is 4.45. The average molecular weight is 295 g/mol. The minimum absolute atomic E-state index is 0.0865. The summed E-state index contributed by atoms with van der Waals surface area (Å²) >= 11 is 0. The van der Waals surface area contributed by atoms with E-state index in [0.29, 0.717) is 6.04 Å². The van der Waals surface area contributed by atoms with Gasteiger partial charge in [0.25, 0.3) is 0 Å². The van der Waals surface area contributed by atoms with Crippen molar-refractivity contribution in [1.82, 2.24) is 25.0 Å². The molecule has 0 aliphatic carbocycles. The Morgan fingerprint density at radius 3 is 2.43 bits per heavy atom. The van der Waals surface area contributed by atoms with Crippen molar-refractivity contribution in [2.24, 2.45) is 0 Å². The molecule has 0 fully saturated rings. The van der Waals surface area contributed by atoms with E-state index in [9.17, 15) is 0 Å². The van der Waals surface area contributed by atoms with Gasteiger partial charge in [-0.1, -0.05) is 20.8 Å². The van der Waals surface area contributed by atoms with Crippen molar-refractivity contribution in [3.8, 4) is 0 Å². The van der Waals surface area contributed by atoms with Gasteiger partial charge in [0.2, 0.25) is 0 Å². The lowest BCUT2D eigenvalue weighted by Gasteiger charge is -2.44. The van der Waals surface area contributed by atoms with Crippen molar-refractivity contribution in [1.29, 1.82) is 0 Å². The summed E-state index contributed by atoms with van der Waals surface area (Å²) in [5, 5.41) is 8.03. The van der Waals surface area contributed by atoms with Crippen LogP contribution in [0.3, 0.4) is 0 Å². The van der Waals surface area contributed by atoms with Crippen molar-refractivity contribution in [2.75, 3.05) is 19.6 Å². The molecule has 1 atom stereocenters. The van der Waals surface area contributed by atoms with E-state index in [1.165, 1.54) is 0 Å². The predicted molar refractivity (Wildman–Crippen MR) is 88.5 cm³/mol. The molecule has 122 valence electrons. The van der Waals surface area contributed by atoms with Crippen molar-refractivity contribution < 1.29 is 0 Å². The molecule has 1 aromatic rings. The van der Waals surface area contributed by atoms with Crippen LogP contribution in [0.5, 0.6) is 0 Å². The average Bonchev–Trinajstić information content (AvgIpc) is 2.91. The van der Waals surface area contributed by atoms with E-state index in [1.807, 2.05) is 4.68 Å². The number of nitrogens with one attached hydrogen (secondary N) is 1. The summed E-state index contributed by atoms with van der Waals surface area (Å²) in [7, 11) is 0. The quantitative estimate of drug-likeness (QED) is 0.719. The van der Waals surface area contributed by atoms with Gasteiger partial charge in [-0.15, -0.1) is 0 Å². The van der Waals surface area contributed by atoms with E-state index in [2.05, 4.69) is 61.8 Å². The number of nitrogens with zero attached hydrogens (tertiary/aromatic N) is 4. The molecule has 1 aromatic heterocycles. The van der Waals surface area contributed by atoms with Crippen molar-refractivity contribution in [3.63, 3.8) is 0 Å². The zero-order valence-electron chi connectivity index (χ0n) is 14.7. The molecule has 0 spiro atoms. The van der Waals surface area contributed by atoms with Crippen molar-refractivity contribution in [3.05, 3.63) is 12.2 Å². The first-order valence-electron chi connectivity index (χ1n) is 8.36. The molecule has 5 heteroatoms. The fourth-order valence-corrected chi connectivity index (χ4v) is 3.04. The Hall–Kier alpha value is -0.940. The minimum atomic E-state index is 0.0865. The Morgan fingerprint density at radius 2 is 1.90 bits per heavy atom. The molecule has 0 bridgehead atoms. The molecule has 1 heterocycles. The number of rotatable bonds is 10. The van der Waals surface area contributed by atoms with Crippen molar-refractivity contribution >= 4 is 0 Å². The molecule has 0 saturated carbocycles. The number of aromatic nitrogens is 3. The number of hydrogen-bond acceptors (Lipinski definition) is 4. The summed E-state index contributed by atoms with van der Waals surface area (Å²) in [6.07, 6.45) is 3.72. The molecule has 1 rings (SSSR count). The molecule has 21 heavy (non-hydrogen) atoms. The molecule has 0 radical (unpaired) electrons. The fourth-order valence-electron chi connectivity index (χ4n) is 3.04. The third kappa shape index (κ3) is 4.51. The maximum atomic E-state index is 4.45. The van der Waals surface area contributed by atoms with Gasteiger partial charge < -0.3 is 5.32 Å². The van der Waals surface area contributed by atoms with E-state index < -0.39 is 0 Å². The van der Waals surface area contributed by atoms with Crippen LogP contribution in [0.1, 0.15) is 53.8 Å². The Kier molecular flexibility index (Phi) is 7.32. The molecule has 0 aromatic carbocycles. The first-order chi connectivity index (χ1) is 10.0. The van der Waals surface area contributed by atoms with Gasteiger partial charge in [-0.25, -0.2) is 4.98 Å². The first-order valence-corrected chi connectivity index (χ1v) is 8.36. The Labute approximate surface area is 130 Å². The monoisotopic (exact) mass is 295 g/mol. The molecule has 1 unspecified atom stereocenters. The zero-order valence-corrected chi connectivity index (χ0v) is 14.7. The summed E-state index contributed by atoms with van der Waals surface area (Å²) in [5.74, 6) is 1.08. The molecule has 5 nitrogen and oxygen atoms in total. The summed E-state index contributed by atoms with van der Waals surface area (Å²) < 4.78 is 2.00. The molecule has 0 saturated heterocycles. The summed E-state index contributed by atoms with van der Waals surface area (Å²) in [6, 6.07) is 0.367. The number of hydrogen-bond donors (Lipinski definition) is 1. The first kappa shape index (κ1) is 18.1. The van der Waals surface area contributed by atoms with Crippen LogP contribution in [0.15, 0.2) is 6.33 Å². The van der Waals surface area contributed by atoms with Crippen LogP contribution in [0, 0.1) is 0 Å². The maximum absolute atomic E-state index is 4.45. The lowest BCUT2D eigenvalue weighted by Crippen LogP contribution is -2.58. The van der Waals surface area contributed by atoms with Crippen LogP contribution in [0.25, 0.3) is 0 Å². The Balaban J connectivity index is 2.93. The van der Waals surface area contributed by atoms with E-state index in [4.69, 9.17) is 0 Å². The second-order valence-electron chi connectivity index (χ2n) is 6.03. The van der Waals surface area contributed by atoms with E-state index in [1.54, 1.807) is 6.33 Å². The highest BCUT2D eigenvalue weighted by Crippen LogP contribution is 2.21. The molecule has 0 amide bonds. The second kappa shape index (κ2) is 8.49. The smallest absolute Gasteiger partial charge is 0.138 e. The van der Waals surface area contributed by atoms with Gasteiger partial charge in [0.15, 0.2) is 0 Å². The highest BCUT2D eigenvalue weighted by atomic mass is 15.3. The topological polar surface area (TPSA) is 46.0 Å². The van der Waals surface area contributed by atoms with Gasteiger partial charge >= 0.3 is 0 Å². The Bertz CT molecular complexity index is 395. The predicted octanol–water partition coefficient (Wildman–Crippen LogP) is 2.33. The fraction of sp³-hybridized carbons (Fsp3) is 0.875. The van der Waals surface area contributed by atoms with E-state index in [-0.39, 0.29) is 5.54 Å². The molecule has 0 aliphatic heterocycles. The van der Waals surface area contributed by atoms with Crippen molar-refractivity contribution in [2.45, 2.75) is 72.5 Å². The summed E-state index contributed by atoms with van der Waals surface area (Å²) in [6.45, 7) is 17.5. The lowest BCUT2D eigenvalue weighted by atomic mass is 9.89.